The van der Waals surface area contributed by atoms with E-state index in [0.717, 1.165) is 62.2 Å². The van der Waals surface area contributed by atoms with Gasteiger partial charge in [-0.15, -0.1) is 0 Å². The molecule has 4 heteroatoms. The fourth-order valence-corrected chi connectivity index (χ4v) is 6.43. The van der Waals surface area contributed by atoms with E-state index < -0.39 is 0 Å². The minimum atomic E-state index is 0.903. The molecule has 0 saturated heterocycles. The highest BCUT2D eigenvalue weighted by atomic mass is 15.2. The van der Waals surface area contributed by atoms with Crippen molar-refractivity contribution < 1.29 is 0 Å². The fourth-order valence-electron chi connectivity index (χ4n) is 6.43. The summed E-state index contributed by atoms with van der Waals surface area (Å²) in [5.74, 6) is 0.903. The van der Waals surface area contributed by atoms with Crippen LogP contribution in [0.2, 0.25) is 0 Å². The van der Waals surface area contributed by atoms with Crippen LogP contribution in [0.15, 0.2) is 182 Å². The molecule has 1 heterocycles. The summed E-state index contributed by atoms with van der Waals surface area (Å²) in [5, 5.41) is 0. The summed E-state index contributed by atoms with van der Waals surface area (Å²) < 4.78 is 2.27. The van der Waals surface area contributed by atoms with Gasteiger partial charge in [-0.25, -0.2) is 4.98 Å². The van der Waals surface area contributed by atoms with Gasteiger partial charge in [0.05, 0.1) is 11.0 Å². The van der Waals surface area contributed by atoms with E-state index in [-0.39, 0.29) is 0 Å². The van der Waals surface area contributed by atoms with Crippen molar-refractivity contribution in [2.75, 3.05) is 9.80 Å². The molecule has 0 N–H and O–H groups in total. The number of hydrogen-bond donors (Lipinski definition) is 0. The Labute approximate surface area is 287 Å². The van der Waals surface area contributed by atoms with Gasteiger partial charge in [0.25, 0.3) is 0 Å². The van der Waals surface area contributed by atoms with Crippen molar-refractivity contribution in [1.29, 1.82) is 0 Å². The number of benzene rings is 7. The van der Waals surface area contributed by atoms with Crippen LogP contribution in [0.5, 0.6) is 0 Å². The lowest BCUT2D eigenvalue weighted by molar-refractivity contribution is 1.10. The van der Waals surface area contributed by atoms with Crippen LogP contribution in [0, 0.1) is 13.8 Å². The summed E-state index contributed by atoms with van der Waals surface area (Å²) in [5.41, 5.74) is 13.2. The van der Waals surface area contributed by atoms with Gasteiger partial charge >= 0.3 is 0 Å². The molecule has 0 atom stereocenters. The first-order valence-electron chi connectivity index (χ1n) is 16.6. The Balaban J connectivity index is 1.19. The van der Waals surface area contributed by atoms with Crippen molar-refractivity contribution in [2.24, 2.45) is 0 Å². The molecule has 0 amide bonds. The van der Waals surface area contributed by atoms with E-state index in [4.69, 9.17) is 4.98 Å². The number of nitrogens with zero attached hydrogens (tertiary/aromatic N) is 4. The maximum Gasteiger partial charge on any atom is 0.145 e. The zero-order chi connectivity index (χ0) is 33.2. The predicted octanol–water partition coefficient (Wildman–Crippen LogP) is 12.2. The van der Waals surface area contributed by atoms with Crippen molar-refractivity contribution >= 4 is 45.2 Å². The van der Waals surface area contributed by atoms with Crippen molar-refractivity contribution in [1.82, 2.24) is 9.55 Å². The number of fused-ring (bicyclic) bond motifs is 1. The molecule has 236 valence electrons. The molecule has 8 aromatic rings. The minimum Gasteiger partial charge on any atom is -0.311 e. The first-order valence-corrected chi connectivity index (χ1v) is 16.6. The first-order chi connectivity index (χ1) is 24.1. The Hall–Kier alpha value is -6.39. The van der Waals surface area contributed by atoms with Crippen LogP contribution in [0.3, 0.4) is 0 Å². The number of para-hydroxylation sites is 4. The molecule has 0 aliphatic heterocycles. The number of hydrogen-bond acceptors (Lipinski definition) is 3. The van der Waals surface area contributed by atoms with Crippen LogP contribution in [-0.2, 0) is 0 Å². The summed E-state index contributed by atoms with van der Waals surface area (Å²) >= 11 is 0. The second kappa shape index (κ2) is 13.0. The molecule has 0 bridgehead atoms. The zero-order valence-electron chi connectivity index (χ0n) is 27.6. The summed E-state index contributed by atoms with van der Waals surface area (Å²) in [6.45, 7) is 4.24. The largest absolute Gasteiger partial charge is 0.311 e. The van der Waals surface area contributed by atoms with Crippen molar-refractivity contribution in [3.63, 3.8) is 0 Å². The van der Waals surface area contributed by atoms with Crippen molar-refractivity contribution in [2.45, 2.75) is 13.8 Å². The predicted molar refractivity (Wildman–Crippen MR) is 205 cm³/mol. The summed E-state index contributed by atoms with van der Waals surface area (Å²) in [6, 6.07) is 64.3. The molecule has 0 aliphatic carbocycles. The average Bonchev–Trinajstić information content (AvgIpc) is 3.55. The molecule has 0 spiro atoms. The van der Waals surface area contributed by atoms with Gasteiger partial charge in [-0.05, 0) is 123 Å². The lowest BCUT2D eigenvalue weighted by Gasteiger charge is -2.26. The molecule has 49 heavy (non-hydrogen) atoms. The SMILES string of the molecule is Cc1ccc(N(c2ccccc2)c2ccc(-c3nc4ccccc4n3-c3ccc(N(c4ccccc4)c4ccc(C)cc4)cc3)cc2)cc1. The lowest BCUT2D eigenvalue weighted by Crippen LogP contribution is -2.10. The highest BCUT2D eigenvalue weighted by Gasteiger charge is 2.18. The molecule has 0 aliphatic rings. The van der Waals surface area contributed by atoms with Gasteiger partial charge in [-0.2, -0.15) is 0 Å². The quantitative estimate of drug-likeness (QED) is 0.167. The molecular weight excluding hydrogens is 597 g/mol. The topological polar surface area (TPSA) is 24.3 Å². The summed E-state index contributed by atoms with van der Waals surface area (Å²) in [4.78, 5) is 9.74. The fraction of sp³-hybridized carbons (Fsp3) is 0.0444. The van der Waals surface area contributed by atoms with Gasteiger partial charge in [0.2, 0.25) is 0 Å². The molecule has 0 unspecified atom stereocenters. The van der Waals surface area contributed by atoms with Gasteiger partial charge in [-0.3, -0.25) is 4.57 Å². The van der Waals surface area contributed by atoms with Gasteiger partial charge in [0, 0.05) is 45.4 Å². The Kier molecular flexibility index (Phi) is 7.96. The number of anilines is 6. The minimum absolute atomic E-state index is 0.903. The Morgan fingerprint density at radius 2 is 0.776 bits per heavy atom. The number of rotatable bonds is 8. The second-order valence-corrected chi connectivity index (χ2v) is 12.3. The summed E-state index contributed by atoms with van der Waals surface area (Å²) in [6.07, 6.45) is 0. The van der Waals surface area contributed by atoms with Crippen LogP contribution in [0.4, 0.5) is 34.1 Å². The van der Waals surface area contributed by atoms with E-state index in [1.807, 2.05) is 6.07 Å². The van der Waals surface area contributed by atoms with Crippen molar-refractivity contribution in [3.8, 4) is 17.1 Å². The molecule has 0 saturated carbocycles. The molecule has 1 aromatic heterocycles. The lowest BCUT2D eigenvalue weighted by atomic mass is 10.1. The van der Waals surface area contributed by atoms with Gasteiger partial charge in [0.1, 0.15) is 5.82 Å². The number of imidazole rings is 1. The maximum atomic E-state index is 5.16. The van der Waals surface area contributed by atoms with E-state index in [9.17, 15) is 0 Å². The molecule has 0 fully saturated rings. The van der Waals surface area contributed by atoms with Gasteiger partial charge in [-0.1, -0.05) is 83.9 Å². The van der Waals surface area contributed by atoms with Crippen LogP contribution in [0.25, 0.3) is 28.1 Å². The third kappa shape index (κ3) is 5.97. The van der Waals surface area contributed by atoms with Gasteiger partial charge < -0.3 is 9.80 Å². The first kappa shape index (κ1) is 30.0. The van der Waals surface area contributed by atoms with Crippen LogP contribution >= 0.6 is 0 Å². The second-order valence-electron chi connectivity index (χ2n) is 12.3. The maximum absolute atomic E-state index is 5.16. The molecule has 4 nitrogen and oxygen atoms in total. The average molecular weight is 633 g/mol. The van der Waals surface area contributed by atoms with E-state index >= 15 is 0 Å². The Morgan fingerprint density at radius 3 is 1.27 bits per heavy atom. The van der Waals surface area contributed by atoms with E-state index in [1.165, 1.54) is 11.1 Å². The molecular formula is C45H36N4. The molecule has 0 radical (unpaired) electrons. The smallest absolute Gasteiger partial charge is 0.145 e. The van der Waals surface area contributed by atoms with E-state index in [2.05, 4.69) is 204 Å². The van der Waals surface area contributed by atoms with Crippen LogP contribution < -0.4 is 9.80 Å². The Morgan fingerprint density at radius 1 is 0.388 bits per heavy atom. The van der Waals surface area contributed by atoms with E-state index in [0.29, 0.717) is 0 Å². The van der Waals surface area contributed by atoms with E-state index in [1.54, 1.807) is 0 Å². The monoisotopic (exact) mass is 632 g/mol. The van der Waals surface area contributed by atoms with Crippen molar-refractivity contribution in [3.05, 3.63) is 193 Å². The third-order valence-electron chi connectivity index (χ3n) is 8.92. The highest BCUT2D eigenvalue weighted by molar-refractivity contribution is 5.85. The van der Waals surface area contributed by atoms with Gasteiger partial charge in [0.15, 0.2) is 0 Å². The number of aromatic nitrogens is 2. The molecule has 8 rings (SSSR count). The normalized spacial score (nSPS) is 11.1. The zero-order valence-corrected chi connectivity index (χ0v) is 27.6. The number of aryl methyl sites for hydroxylation is 2. The molecule has 7 aromatic carbocycles. The summed E-state index contributed by atoms with van der Waals surface area (Å²) in [7, 11) is 0. The van der Waals surface area contributed by atoms with Crippen LogP contribution in [-0.4, -0.2) is 9.55 Å². The Bertz CT molecular complexity index is 2310. The van der Waals surface area contributed by atoms with Crippen LogP contribution in [0.1, 0.15) is 11.1 Å². The third-order valence-corrected chi connectivity index (χ3v) is 8.92. The standard InChI is InChI=1S/C45H36N4/c1-33-17-23-38(24-18-33)47(36-11-5-3-6-12-36)40-27-21-35(22-28-40)45-46-43-15-9-10-16-44(43)49(45)42-31-29-41(30-32-42)48(37-13-7-4-8-14-37)39-25-19-34(2)20-26-39/h3-32H,1-2H3. The highest BCUT2D eigenvalue weighted by Crippen LogP contribution is 2.38.